The first-order valence-corrected chi connectivity index (χ1v) is 13.3. The number of rotatable bonds is 9. The van der Waals surface area contributed by atoms with Crippen molar-refractivity contribution in [1.82, 2.24) is 0 Å². The summed E-state index contributed by atoms with van der Waals surface area (Å²) in [7, 11) is 0. The predicted molar refractivity (Wildman–Crippen MR) is 171 cm³/mol. The summed E-state index contributed by atoms with van der Waals surface area (Å²) in [5, 5.41) is 0. The van der Waals surface area contributed by atoms with E-state index in [0.29, 0.717) is 0 Å². The van der Waals surface area contributed by atoms with Crippen molar-refractivity contribution < 1.29 is 0 Å². The molecule has 0 fully saturated rings. The van der Waals surface area contributed by atoms with Gasteiger partial charge in [0, 0.05) is 34.5 Å². The van der Waals surface area contributed by atoms with Crippen molar-refractivity contribution in [2.75, 3.05) is 9.80 Å². The lowest BCUT2D eigenvalue weighted by atomic mass is 9.92. The van der Waals surface area contributed by atoms with Crippen molar-refractivity contribution in [2.45, 2.75) is 19.4 Å². The second kappa shape index (κ2) is 13.6. The SMILES string of the molecule is C=C/C=C\C(=CC(/C=C\C=C)=C/N1c2ccccc2C1/C=C\C=C/C)N1C(=C)/C=C\C=C/Cc2ccccc21. The average Bonchev–Trinajstić information content (AvgIpc) is 3.03. The van der Waals surface area contributed by atoms with Crippen LogP contribution in [0.3, 0.4) is 0 Å². The summed E-state index contributed by atoms with van der Waals surface area (Å²) < 4.78 is 0. The van der Waals surface area contributed by atoms with Crippen molar-refractivity contribution >= 4 is 11.4 Å². The molecule has 2 aliphatic rings. The lowest BCUT2D eigenvalue weighted by Gasteiger charge is -2.41. The van der Waals surface area contributed by atoms with Gasteiger partial charge in [-0.25, -0.2) is 0 Å². The summed E-state index contributed by atoms with van der Waals surface area (Å²) >= 11 is 0. The van der Waals surface area contributed by atoms with Crippen molar-refractivity contribution in [1.29, 1.82) is 0 Å². The molecule has 1 atom stereocenters. The number of para-hydroxylation sites is 2. The second-order valence-corrected chi connectivity index (χ2v) is 9.16. The molecule has 2 aliphatic heterocycles. The van der Waals surface area contributed by atoms with E-state index in [0.717, 1.165) is 29.1 Å². The third-order valence-electron chi connectivity index (χ3n) is 6.51. The van der Waals surface area contributed by atoms with Crippen LogP contribution in [0.5, 0.6) is 0 Å². The topological polar surface area (TPSA) is 6.48 Å². The van der Waals surface area contributed by atoms with Gasteiger partial charge >= 0.3 is 0 Å². The van der Waals surface area contributed by atoms with Gasteiger partial charge in [-0.3, -0.25) is 0 Å². The monoisotopic (exact) mass is 508 g/mol. The van der Waals surface area contributed by atoms with Gasteiger partial charge in [0.25, 0.3) is 0 Å². The van der Waals surface area contributed by atoms with Crippen molar-refractivity contribution in [3.63, 3.8) is 0 Å². The Morgan fingerprint density at radius 3 is 2.41 bits per heavy atom. The minimum Gasteiger partial charge on any atom is -0.336 e. The fraction of sp³-hybridized carbons (Fsp3) is 0.0811. The maximum Gasteiger partial charge on any atom is 0.0793 e. The number of hydrogen-bond acceptors (Lipinski definition) is 2. The molecule has 194 valence electrons. The van der Waals surface area contributed by atoms with Gasteiger partial charge in [-0.05, 0) is 54.8 Å². The molecule has 2 heteroatoms. The van der Waals surface area contributed by atoms with E-state index in [2.05, 4.69) is 133 Å². The Labute approximate surface area is 234 Å². The highest BCUT2D eigenvalue weighted by Gasteiger charge is 2.30. The minimum atomic E-state index is 0.167. The highest BCUT2D eigenvalue weighted by Crippen LogP contribution is 2.44. The molecule has 0 amide bonds. The molecule has 2 nitrogen and oxygen atoms in total. The first-order valence-electron chi connectivity index (χ1n) is 13.3. The van der Waals surface area contributed by atoms with Gasteiger partial charge in [0.1, 0.15) is 0 Å². The van der Waals surface area contributed by atoms with E-state index in [9.17, 15) is 0 Å². The first kappa shape index (κ1) is 27.2. The van der Waals surface area contributed by atoms with Crippen LogP contribution < -0.4 is 9.80 Å². The van der Waals surface area contributed by atoms with E-state index in [1.54, 1.807) is 12.2 Å². The van der Waals surface area contributed by atoms with E-state index in [1.807, 2.05) is 37.3 Å². The fourth-order valence-electron chi connectivity index (χ4n) is 4.70. The van der Waals surface area contributed by atoms with Gasteiger partial charge in [0.2, 0.25) is 0 Å². The van der Waals surface area contributed by atoms with E-state index >= 15 is 0 Å². The Bertz CT molecular complexity index is 1450. The summed E-state index contributed by atoms with van der Waals surface area (Å²) in [5.41, 5.74) is 7.75. The maximum absolute atomic E-state index is 4.43. The second-order valence-electron chi connectivity index (χ2n) is 9.16. The average molecular weight is 509 g/mol. The Balaban J connectivity index is 1.86. The molecule has 0 spiro atoms. The van der Waals surface area contributed by atoms with Crippen LogP contribution >= 0.6 is 0 Å². The Kier molecular flexibility index (Phi) is 9.52. The lowest BCUT2D eigenvalue weighted by molar-refractivity contribution is 0.763. The minimum absolute atomic E-state index is 0.167. The van der Waals surface area contributed by atoms with Crippen molar-refractivity contribution in [2.24, 2.45) is 0 Å². The van der Waals surface area contributed by atoms with Gasteiger partial charge in [-0.1, -0.05) is 129 Å². The molecule has 2 heterocycles. The van der Waals surface area contributed by atoms with Gasteiger partial charge in [-0.15, -0.1) is 0 Å². The number of anilines is 2. The van der Waals surface area contributed by atoms with E-state index in [-0.39, 0.29) is 6.04 Å². The summed E-state index contributed by atoms with van der Waals surface area (Å²) in [4.78, 5) is 4.52. The summed E-state index contributed by atoms with van der Waals surface area (Å²) in [6.45, 7) is 14.3. The molecule has 1 unspecified atom stereocenters. The molecule has 0 saturated carbocycles. The van der Waals surface area contributed by atoms with Gasteiger partial charge in [0.05, 0.1) is 6.04 Å². The number of nitrogens with zero attached hydrogens (tertiary/aromatic N) is 2. The highest BCUT2D eigenvalue weighted by atomic mass is 15.2. The molecule has 0 bridgehead atoms. The van der Waals surface area contributed by atoms with Crippen LogP contribution in [0.25, 0.3) is 0 Å². The standard InChI is InChI=1S/C37H36N2/c1-5-8-12-26-36-34-24-16-18-27-37(34)38(36)29-31(20-9-6-2)28-33(23-10-7-3)39-30(4)19-13-11-14-21-32-22-15-17-25-35(32)39/h5-20,22-29,36H,2-4,21H2,1H3/b8-5-,14-11-,19-13-,20-9-,23-10-,26-12-,31-29+,33-28?. The smallest absolute Gasteiger partial charge is 0.0793 e. The summed E-state index contributed by atoms with van der Waals surface area (Å²) in [5.74, 6) is 0. The molecule has 0 N–H and O–H groups in total. The summed E-state index contributed by atoms with van der Waals surface area (Å²) in [6.07, 6.45) is 33.7. The van der Waals surface area contributed by atoms with Gasteiger partial charge in [0.15, 0.2) is 0 Å². The normalized spacial score (nSPS) is 19.5. The zero-order valence-electron chi connectivity index (χ0n) is 22.7. The Morgan fingerprint density at radius 2 is 1.62 bits per heavy atom. The Morgan fingerprint density at radius 1 is 0.872 bits per heavy atom. The Hall–Kier alpha value is -4.82. The molecular weight excluding hydrogens is 472 g/mol. The molecule has 0 aromatic heterocycles. The predicted octanol–water partition coefficient (Wildman–Crippen LogP) is 9.62. The fourth-order valence-corrected chi connectivity index (χ4v) is 4.70. The number of allylic oxidation sites excluding steroid dienone is 15. The van der Waals surface area contributed by atoms with Crippen LogP contribution in [-0.4, -0.2) is 0 Å². The molecule has 0 aliphatic carbocycles. The third-order valence-corrected chi connectivity index (χ3v) is 6.51. The maximum atomic E-state index is 4.43. The van der Waals surface area contributed by atoms with Crippen molar-refractivity contribution in [3.8, 4) is 0 Å². The molecule has 39 heavy (non-hydrogen) atoms. The van der Waals surface area contributed by atoms with E-state index in [1.165, 1.54) is 16.8 Å². The molecular formula is C37H36N2. The number of fused-ring (bicyclic) bond motifs is 2. The number of benzene rings is 2. The lowest BCUT2D eigenvalue weighted by Crippen LogP contribution is -2.32. The van der Waals surface area contributed by atoms with Gasteiger partial charge in [-0.2, -0.15) is 0 Å². The van der Waals surface area contributed by atoms with Crippen LogP contribution in [0, 0.1) is 0 Å². The molecule has 2 aromatic carbocycles. The van der Waals surface area contributed by atoms with Crippen LogP contribution in [-0.2, 0) is 6.42 Å². The molecule has 0 saturated heterocycles. The van der Waals surface area contributed by atoms with E-state index in [4.69, 9.17) is 0 Å². The zero-order chi connectivity index (χ0) is 27.5. The molecule has 2 aromatic rings. The number of hydrogen-bond donors (Lipinski definition) is 0. The highest BCUT2D eigenvalue weighted by molar-refractivity contribution is 5.72. The molecule has 4 rings (SSSR count). The van der Waals surface area contributed by atoms with Crippen LogP contribution in [0.4, 0.5) is 11.4 Å². The van der Waals surface area contributed by atoms with Crippen LogP contribution in [0.2, 0.25) is 0 Å². The van der Waals surface area contributed by atoms with E-state index < -0.39 is 0 Å². The third kappa shape index (κ3) is 6.55. The largest absolute Gasteiger partial charge is 0.336 e. The van der Waals surface area contributed by atoms with Crippen LogP contribution in [0.1, 0.15) is 24.1 Å². The van der Waals surface area contributed by atoms with Crippen LogP contribution in [0.15, 0.2) is 183 Å². The zero-order valence-corrected chi connectivity index (χ0v) is 22.7. The quantitative estimate of drug-likeness (QED) is 0.311. The van der Waals surface area contributed by atoms with Gasteiger partial charge < -0.3 is 9.80 Å². The first-order chi connectivity index (χ1) is 19.2. The molecule has 0 radical (unpaired) electrons. The summed E-state index contributed by atoms with van der Waals surface area (Å²) in [6, 6.07) is 17.2. The van der Waals surface area contributed by atoms with Crippen molar-refractivity contribution in [3.05, 3.63) is 194 Å².